The molecule has 0 radical (unpaired) electrons. The topological polar surface area (TPSA) is 48.1 Å². The van der Waals surface area contributed by atoms with Crippen LogP contribution in [0.25, 0.3) is 0 Å². The molecule has 0 amide bonds. The van der Waals surface area contributed by atoms with Gasteiger partial charge >= 0.3 is 12.4 Å². The van der Waals surface area contributed by atoms with Gasteiger partial charge in [0.15, 0.2) is 6.10 Å². The van der Waals surface area contributed by atoms with Gasteiger partial charge in [0, 0.05) is 6.07 Å². The van der Waals surface area contributed by atoms with E-state index in [0.717, 1.165) is 0 Å². The molecule has 9 heteroatoms. The second-order valence-corrected chi connectivity index (χ2v) is 3.42. The summed E-state index contributed by atoms with van der Waals surface area (Å²) >= 11 is 0. The van der Waals surface area contributed by atoms with Gasteiger partial charge < -0.3 is 10.5 Å². The molecule has 3 nitrogen and oxygen atoms in total. The summed E-state index contributed by atoms with van der Waals surface area (Å²) in [5, 5.41) is 0. The van der Waals surface area contributed by atoms with E-state index in [-0.39, 0.29) is 0 Å². The third-order valence-corrected chi connectivity index (χ3v) is 1.91. The van der Waals surface area contributed by atoms with Crippen LogP contribution in [0.1, 0.15) is 12.5 Å². The number of hydrogen-bond donors (Lipinski definition) is 1. The van der Waals surface area contributed by atoms with E-state index >= 15 is 0 Å². The van der Waals surface area contributed by atoms with Crippen molar-refractivity contribution in [3.63, 3.8) is 0 Å². The molecule has 0 fully saturated rings. The van der Waals surface area contributed by atoms with Crippen LogP contribution in [-0.2, 0) is 6.18 Å². The largest absolute Gasteiger partial charge is 0.465 e. The smallest absolute Gasteiger partial charge is 0.425 e. The predicted octanol–water partition coefficient (Wildman–Crippen LogP) is 3.01. The SMILES string of the molecule is CC(Oc1cc(C(F)(F)F)cc(N)n1)C(F)(F)F. The summed E-state index contributed by atoms with van der Waals surface area (Å²) in [6, 6.07) is 0.865. The maximum atomic E-state index is 12.4. The Bertz CT molecular complexity index is 428. The number of anilines is 1. The Hall–Kier alpha value is -1.67. The lowest BCUT2D eigenvalue weighted by Crippen LogP contribution is -2.31. The molecular formula is C9H8F6N2O. The fourth-order valence-corrected chi connectivity index (χ4v) is 0.998. The number of nitrogen functional groups attached to an aromatic ring is 1. The number of aromatic nitrogens is 1. The van der Waals surface area contributed by atoms with Gasteiger partial charge in [-0.1, -0.05) is 0 Å². The quantitative estimate of drug-likeness (QED) is 0.843. The molecule has 0 bridgehead atoms. The van der Waals surface area contributed by atoms with Gasteiger partial charge in [-0.15, -0.1) is 0 Å². The number of pyridine rings is 1. The predicted molar refractivity (Wildman–Crippen MR) is 49.8 cm³/mol. The molecule has 1 unspecified atom stereocenters. The van der Waals surface area contributed by atoms with E-state index in [1.807, 2.05) is 0 Å². The molecule has 1 aromatic heterocycles. The second-order valence-electron chi connectivity index (χ2n) is 3.42. The van der Waals surface area contributed by atoms with Gasteiger partial charge in [-0.3, -0.25) is 0 Å². The zero-order chi connectivity index (χ0) is 14.1. The van der Waals surface area contributed by atoms with Gasteiger partial charge in [0.25, 0.3) is 0 Å². The fourth-order valence-electron chi connectivity index (χ4n) is 0.998. The lowest BCUT2D eigenvalue weighted by molar-refractivity contribution is -0.190. The van der Waals surface area contributed by atoms with Crippen LogP contribution in [-0.4, -0.2) is 17.3 Å². The van der Waals surface area contributed by atoms with E-state index in [0.29, 0.717) is 19.1 Å². The Labute approximate surface area is 97.6 Å². The number of nitrogens with two attached hydrogens (primary N) is 1. The van der Waals surface area contributed by atoms with Crippen molar-refractivity contribution in [2.24, 2.45) is 0 Å². The van der Waals surface area contributed by atoms with Crippen LogP contribution in [0.4, 0.5) is 32.2 Å². The Morgan fingerprint density at radius 2 is 1.72 bits per heavy atom. The monoisotopic (exact) mass is 274 g/mol. The number of hydrogen-bond acceptors (Lipinski definition) is 3. The molecule has 1 aromatic rings. The normalized spacial score (nSPS) is 14.4. The minimum Gasteiger partial charge on any atom is -0.465 e. The van der Waals surface area contributed by atoms with Crippen LogP contribution in [0.5, 0.6) is 5.88 Å². The molecule has 18 heavy (non-hydrogen) atoms. The Morgan fingerprint density at radius 1 is 1.17 bits per heavy atom. The van der Waals surface area contributed by atoms with Crippen molar-refractivity contribution in [2.75, 3.05) is 5.73 Å². The van der Waals surface area contributed by atoms with Crippen LogP contribution in [0.3, 0.4) is 0 Å². The van der Waals surface area contributed by atoms with Crippen LogP contribution in [0, 0.1) is 0 Å². The van der Waals surface area contributed by atoms with Crippen molar-refractivity contribution in [3.05, 3.63) is 17.7 Å². The molecule has 0 spiro atoms. The van der Waals surface area contributed by atoms with E-state index in [1.54, 1.807) is 0 Å². The molecule has 0 aliphatic rings. The van der Waals surface area contributed by atoms with Crippen LogP contribution < -0.4 is 10.5 Å². The van der Waals surface area contributed by atoms with Gasteiger partial charge in [-0.2, -0.15) is 31.3 Å². The van der Waals surface area contributed by atoms with E-state index < -0.39 is 35.7 Å². The standard InChI is InChI=1S/C9H8F6N2O/c1-4(8(10,11)12)18-7-3-5(9(13,14)15)2-6(16)17-7/h2-4H,1H3,(H2,16,17). The summed E-state index contributed by atoms with van der Waals surface area (Å²) in [4.78, 5) is 3.26. The average Bonchev–Trinajstić information content (AvgIpc) is 2.13. The zero-order valence-electron chi connectivity index (χ0n) is 8.93. The first-order chi connectivity index (χ1) is 8.00. The Balaban J connectivity index is 3.01. The van der Waals surface area contributed by atoms with E-state index in [9.17, 15) is 26.3 Å². The third kappa shape index (κ3) is 3.67. The number of nitrogens with zero attached hydrogens (tertiary/aromatic N) is 1. The summed E-state index contributed by atoms with van der Waals surface area (Å²) in [5.74, 6) is -1.40. The molecule has 102 valence electrons. The van der Waals surface area contributed by atoms with E-state index in [2.05, 4.69) is 9.72 Å². The van der Waals surface area contributed by atoms with Gasteiger partial charge in [-0.05, 0) is 13.0 Å². The summed E-state index contributed by atoms with van der Waals surface area (Å²) in [7, 11) is 0. The fraction of sp³-hybridized carbons (Fsp3) is 0.444. The van der Waals surface area contributed by atoms with Gasteiger partial charge in [0.2, 0.25) is 5.88 Å². The van der Waals surface area contributed by atoms with Crippen molar-refractivity contribution in [2.45, 2.75) is 25.4 Å². The third-order valence-electron chi connectivity index (χ3n) is 1.91. The zero-order valence-corrected chi connectivity index (χ0v) is 8.93. The Morgan fingerprint density at radius 3 is 2.17 bits per heavy atom. The van der Waals surface area contributed by atoms with Crippen molar-refractivity contribution >= 4 is 5.82 Å². The number of ether oxygens (including phenoxy) is 1. The molecule has 0 aliphatic heterocycles. The molecule has 0 aromatic carbocycles. The van der Waals surface area contributed by atoms with Crippen molar-refractivity contribution in [3.8, 4) is 5.88 Å². The number of rotatable bonds is 2. The molecular weight excluding hydrogens is 266 g/mol. The van der Waals surface area contributed by atoms with Crippen molar-refractivity contribution < 1.29 is 31.1 Å². The highest BCUT2D eigenvalue weighted by molar-refractivity contribution is 5.38. The van der Waals surface area contributed by atoms with Gasteiger partial charge in [0.05, 0.1) is 5.56 Å². The molecule has 1 heterocycles. The molecule has 0 aliphatic carbocycles. The van der Waals surface area contributed by atoms with Gasteiger partial charge in [-0.25, -0.2) is 0 Å². The highest BCUT2D eigenvalue weighted by Gasteiger charge is 2.39. The summed E-state index contributed by atoms with van der Waals surface area (Å²) in [5.41, 5.74) is 3.85. The minimum atomic E-state index is -4.74. The average molecular weight is 274 g/mol. The first-order valence-corrected chi connectivity index (χ1v) is 4.58. The van der Waals surface area contributed by atoms with Gasteiger partial charge in [0.1, 0.15) is 5.82 Å². The lowest BCUT2D eigenvalue weighted by atomic mass is 10.2. The van der Waals surface area contributed by atoms with Crippen molar-refractivity contribution in [1.82, 2.24) is 4.98 Å². The molecule has 1 rings (SSSR count). The first-order valence-electron chi connectivity index (χ1n) is 4.58. The van der Waals surface area contributed by atoms with Crippen LogP contribution in [0.2, 0.25) is 0 Å². The Kier molecular flexibility index (Phi) is 3.63. The lowest BCUT2D eigenvalue weighted by Gasteiger charge is -2.18. The van der Waals surface area contributed by atoms with Crippen molar-refractivity contribution in [1.29, 1.82) is 0 Å². The highest BCUT2D eigenvalue weighted by Crippen LogP contribution is 2.33. The summed E-state index contributed by atoms with van der Waals surface area (Å²) < 4.78 is 77.8. The molecule has 0 saturated heterocycles. The summed E-state index contributed by atoms with van der Waals surface area (Å²) in [6.07, 6.45) is -11.7. The molecule has 2 N–H and O–H groups in total. The van der Waals surface area contributed by atoms with Crippen LogP contribution in [0.15, 0.2) is 12.1 Å². The number of alkyl halides is 6. The number of halogens is 6. The maximum absolute atomic E-state index is 12.4. The summed E-state index contributed by atoms with van der Waals surface area (Å²) in [6.45, 7) is 0.651. The van der Waals surface area contributed by atoms with E-state index in [1.165, 1.54) is 0 Å². The van der Waals surface area contributed by atoms with E-state index in [4.69, 9.17) is 5.73 Å². The second kappa shape index (κ2) is 4.54. The highest BCUT2D eigenvalue weighted by atomic mass is 19.4. The van der Waals surface area contributed by atoms with Crippen LogP contribution >= 0.6 is 0 Å². The maximum Gasteiger partial charge on any atom is 0.425 e. The minimum absolute atomic E-state index is 0.360. The molecule has 0 saturated carbocycles. The molecule has 1 atom stereocenters. The first kappa shape index (κ1) is 14.4.